The van der Waals surface area contributed by atoms with Crippen molar-refractivity contribution in [3.05, 3.63) is 35.6 Å². The minimum atomic E-state index is -1.27. The van der Waals surface area contributed by atoms with Gasteiger partial charge in [-0.3, -0.25) is 15.0 Å². The molecule has 3 rings (SSSR count). The zero-order chi connectivity index (χ0) is 20.0. The summed E-state index contributed by atoms with van der Waals surface area (Å²) in [5.74, 6) is -0.795. The molecule has 2 atom stereocenters. The lowest BCUT2D eigenvalue weighted by atomic mass is 9.67. The SMILES string of the molecule is CN1C(=O)[C@]2(C)COC[C@]2(c2ccccc2F)N=C1NC(=O)OC(C)(C)C. The number of nitrogens with zero attached hydrogens (tertiary/aromatic N) is 2. The fraction of sp³-hybridized carbons (Fsp3) is 0.526. The van der Waals surface area contributed by atoms with E-state index in [9.17, 15) is 14.0 Å². The standard InChI is InChI=1S/C19H24FN3O4/c1-17(2,3)27-16(25)21-15-22-19(12-8-6-7-9-13(12)20)11-26-10-18(19,4)14(24)23(15)5/h6-9H,10-11H2,1-5H3,(H,21,22,25)/t18-,19+/m0/s1. The van der Waals surface area contributed by atoms with E-state index in [1.807, 2.05) is 0 Å². The molecule has 1 aromatic carbocycles. The van der Waals surface area contributed by atoms with Gasteiger partial charge in [-0.25, -0.2) is 14.2 Å². The normalized spacial score (nSPS) is 27.9. The third-order valence-corrected chi connectivity index (χ3v) is 4.94. The smallest absolute Gasteiger partial charge is 0.414 e. The first-order valence-electron chi connectivity index (χ1n) is 8.71. The maximum atomic E-state index is 14.7. The Bertz CT molecular complexity index is 819. The van der Waals surface area contributed by atoms with E-state index >= 15 is 0 Å². The van der Waals surface area contributed by atoms with Gasteiger partial charge in [0.2, 0.25) is 11.9 Å². The number of hydrogen-bond donors (Lipinski definition) is 1. The number of ether oxygens (including phenoxy) is 2. The number of carbonyl (C=O) groups is 2. The Morgan fingerprint density at radius 1 is 1.33 bits per heavy atom. The number of hydrogen-bond acceptors (Lipinski definition) is 5. The van der Waals surface area contributed by atoms with E-state index in [2.05, 4.69) is 10.3 Å². The van der Waals surface area contributed by atoms with Gasteiger partial charge in [0.25, 0.3) is 0 Å². The quantitative estimate of drug-likeness (QED) is 0.815. The molecule has 0 saturated carbocycles. The summed E-state index contributed by atoms with van der Waals surface area (Å²) in [4.78, 5) is 31.2. The number of amides is 2. The van der Waals surface area contributed by atoms with Crippen molar-refractivity contribution in [2.45, 2.75) is 38.8 Å². The van der Waals surface area contributed by atoms with E-state index in [4.69, 9.17) is 9.47 Å². The molecule has 1 N–H and O–H groups in total. The zero-order valence-corrected chi connectivity index (χ0v) is 16.1. The first kappa shape index (κ1) is 19.3. The molecular formula is C19H24FN3O4. The molecule has 0 aromatic heterocycles. The predicted octanol–water partition coefficient (Wildman–Crippen LogP) is 2.41. The Morgan fingerprint density at radius 3 is 2.63 bits per heavy atom. The highest BCUT2D eigenvalue weighted by Gasteiger charge is 2.63. The van der Waals surface area contributed by atoms with E-state index in [0.29, 0.717) is 0 Å². The van der Waals surface area contributed by atoms with Gasteiger partial charge >= 0.3 is 6.09 Å². The molecule has 27 heavy (non-hydrogen) atoms. The topological polar surface area (TPSA) is 80.2 Å². The summed E-state index contributed by atoms with van der Waals surface area (Å²) in [5.41, 5.74) is -2.82. The molecule has 2 aliphatic heterocycles. The van der Waals surface area contributed by atoms with Gasteiger partial charge in [0.15, 0.2) is 0 Å². The van der Waals surface area contributed by atoms with Crippen molar-refractivity contribution in [1.29, 1.82) is 0 Å². The summed E-state index contributed by atoms with van der Waals surface area (Å²) in [6, 6.07) is 6.17. The lowest BCUT2D eigenvalue weighted by Crippen LogP contribution is -2.62. The number of nitrogens with one attached hydrogen (secondary N) is 1. The predicted molar refractivity (Wildman–Crippen MR) is 96.6 cm³/mol. The molecule has 8 heteroatoms. The van der Waals surface area contributed by atoms with Gasteiger partial charge in [-0.05, 0) is 33.8 Å². The van der Waals surface area contributed by atoms with Crippen LogP contribution in [0.2, 0.25) is 0 Å². The minimum Gasteiger partial charge on any atom is -0.444 e. The molecular weight excluding hydrogens is 353 g/mol. The van der Waals surface area contributed by atoms with Crippen LogP contribution in [0, 0.1) is 11.2 Å². The highest BCUT2D eigenvalue weighted by Crippen LogP contribution is 2.51. The molecule has 1 aromatic rings. The molecule has 7 nitrogen and oxygen atoms in total. The average Bonchev–Trinajstić information content (AvgIpc) is 2.90. The average molecular weight is 377 g/mol. The van der Waals surface area contributed by atoms with Crippen molar-refractivity contribution in [1.82, 2.24) is 10.2 Å². The number of fused-ring (bicyclic) bond motifs is 1. The van der Waals surface area contributed by atoms with Crippen LogP contribution in [-0.2, 0) is 19.8 Å². The van der Waals surface area contributed by atoms with E-state index in [1.54, 1.807) is 45.9 Å². The number of benzene rings is 1. The molecule has 2 amide bonds. The van der Waals surface area contributed by atoms with Crippen molar-refractivity contribution in [3.8, 4) is 0 Å². The van der Waals surface area contributed by atoms with Crippen LogP contribution in [-0.4, -0.2) is 48.7 Å². The van der Waals surface area contributed by atoms with Crippen molar-refractivity contribution in [3.63, 3.8) is 0 Å². The number of aliphatic imine (C=N–C) groups is 1. The molecule has 1 saturated heterocycles. The highest BCUT2D eigenvalue weighted by atomic mass is 19.1. The first-order chi connectivity index (χ1) is 12.5. The van der Waals surface area contributed by atoms with Crippen molar-refractivity contribution >= 4 is 18.0 Å². The zero-order valence-electron chi connectivity index (χ0n) is 16.1. The van der Waals surface area contributed by atoms with Gasteiger partial charge < -0.3 is 9.47 Å². The molecule has 0 bridgehead atoms. The summed E-state index contributed by atoms with van der Waals surface area (Å²) >= 11 is 0. The summed E-state index contributed by atoms with van der Waals surface area (Å²) in [7, 11) is 1.51. The minimum absolute atomic E-state index is 0.000443. The molecule has 0 spiro atoms. The third kappa shape index (κ3) is 3.07. The summed E-state index contributed by atoms with van der Waals surface area (Å²) in [5, 5.41) is 2.52. The largest absolute Gasteiger partial charge is 0.444 e. The molecule has 2 heterocycles. The van der Waals surface area contributed by atoms with E-state index in [1.165, 1.54) is 18.0 Å². The highest BCUT2D eigenvalue weighted by molar-refractivity contribution is 6.07. The number of guanidine groups is 1. The number of halogens is 1. The fourth-order valence-electron chi connectivity index (χ4n) is 3.54. The Labute approximate surface area is 157 Å². The van der Waals surface area contributed by atoms with Gasteiger partial charge in [-0.15, -0.1) is 0 Å². The van der Waals surface area contributed by atoms with Crippen LogP contribution in [0.25, 0.3) is 0 Å². The molecule has 1 fully saturated rings. The monoisotopic (exact) mass is 377 g/mol. The van der Waals surface area contributed by atoms with Crippen LogP contribution in [0.3, 0.4) is 0 Å². The van der Waals surface area contributed by atoms with E-state index < -0.39 is 28.5 Å². The van der Waals surface area contributed by atoms with Crippen LogP contribution >= 0.6 is 0 Å². The van der Waals surface area contributed by atoms with Crippen molar-refractivity contribution in [2.75, 3.05) is 20.3 Å². The van der Waals surface area contributed by atoms with Crippen molar-refractivity contribution < 1.29 is 23.5 Å². The number of rotatable bonds is 1. The Kier molecular flexibility index (Phi) is 4.50. The lowest BCUT2D eigenvalue weighted by molar-refractivity contribution is -0.140. The number of alkyl carbamates (subject to hydrolysis) is 1. The molecule has 0 aliphatic carbocycles. The molecule has 2 aliphatic rings. The van der Waals surface area contributed by atoms with E-state index in [0.717, 1.165) is 0 Å². The van der Waals surface area contributed by atoms with Gasteiger partial charge in [-0.1, -0.05) is 18.2 Å². The van der Waals surface area contributed by atoms with Gasteiger partial charge in [0.05, 0.1) is 13.2 Å². The fourth-order valence-corrected chi connectivity index (χ4v) is 3.54. The Hall–Kier alpha value is -2.48. The number of carbonyl (C=O) groups excluding carboxylic acids is 2. The summed E-state index contributed by atoms with van der Waals surface area (Å²) in [6.07, 6.45) is -0.743. The third-order valence-electron chi connectivity index (χ3n) is 4.94. The lowest BCUT2D eigenvalue weighted by Gasteiger charge is -2.44. The van der Waals surface area contributed by atoms with Gasteiger partial charge in [0.1, 0.15) is 22.4 Å². The Balaban J connectivity index is 2.09. The summed E-state index contributed by atoms with van der Waals surface area (Å²) in [6.45, 7) is 7.03. The first-order valence-corrected chi connectivity index (χ1v) is 8.71. The molecule has 0 unspecified atom stereocenters. The Morgan fingerprint density at radius 2 is 2.00 bits per heavy atom. The summed E-state index contributed by atoms with van der Waals surface area (Å²) < 4.78 is 25.5. The van der Waals surface area contributed by atoms with Crippen LogP contribution in [0.1, 0.15) is 33.3 Å². The van der Waals surface area contributed by atoms with Crippen LogP contribution in [0.4, 0.5) is 9.18 Å². The van der Waals surface area contributed by atoms with Crippen molar-refractivity contribution in [2.24, 2.45) is 10.4 Å². The molecule has 0 radical (unpaired) electrons. The van der Waals surface area contributed by atoms with Crippen LogP contribution in [0.15, 0.2) is 29.3 Å². The maximum absolute atomic E-state index is 14.7. The van der Waals surface area contributed by atoms with Crippen LogP contribution in [0.5, 0.6) is 0 Å². The second-order valence-corrected chi connectivity index (χ2v) is 8.09. The van der Waals surface area contributed by atoms with Crippen LogP contribution < -0.4 is 5.32 Å². The molecule has 146 valence electrons. The van der Waals surface area contributed by atoms with E-state index in [-0.39, 0.29) is 30.6 Å². The van der Waals surface area contributed by atoms with Gasteiger partial charge in [-0.2, -0.15) is 0 Å². The second-order valence-electron chi connectivity index (χ2n) is 8.09. The second kappa shape index (κ2) is 6.30. The van der Waals surface area contributed by atoms with Gasteiger partial charge in [0, 0.05) is 12.6 Å². The maximum Gasteiger partial charge on any atom is 0.414 e.